The molecule has 20 heavy (non-hydrogen) atoms. The number of halogens is 1. The van der Waals surface area contributed by atoms with E-state index in [2.05, 4.69) is 0 Å². The van der Waals surface area contributed by atoms with Crippen LogP contribution in [0.4, 0.5) is 4.39 Å². The van der Waals surface area contributed by atoms with E-state index in [9.17, 15) is 19.3 Å². The molecule has 0 aliphatic heterocycles. The van der Waals surface area contributed by atoms with Gasteiger partial charge in [0.2, 0.25) is 5.78 Å². The summed E-state index contributed by atoms with van der Waals surface area (Å²) < 4.78 is 18.2. The molecule has 0 saturated carbocycles. The Labute approximate surface area is 114 Å². The van der Waals surface area contributed by atoms with Gasteiger partial charge in [0.05, 0.1) is 0 Å². The Morgan fingerprint density at radius 2 is 2.05 bits per heavy atom. The molecule has 0 saturated heterocycles. The number of carbonyl (C=O) groups excluding carboxylic acids is 1. The van der Waals surface area contributed by atoms with Gasteiger partial charge < -0.3 is 4.74 Å². The Kier molecular flexibility index (Phi) is 3.76. The predicted molar refractivity (Wildman–Crippen MR) is 69.6 cm³/mol. The molecule has 0 radical (unpaired) electrons. The molecule has 0 spiro atoms. The Bertz CT molecular complexity index is 596. The number of nitrogens with zero attached hydrogens (tertiary/aromatic N) is 1. The van der Waals surface area contributed by atoms with Crippen LogP contribution in [-0.2, 0) is 4.74 Å². The maximum Gasteiger partial charge on any atom is 0.331 e. The molecule has 5 nitrogen and oxygen atoms in total. The van der Waals surface area contributed by atoms with E-state index in [0.717, 1.165) is 18.2 Å². The molecular formula is C14H12FNO4. The first kappa shape index (κ1) is 14.1. The maximum atomic E-state index is 13.3. The first-order valence-electron chi connectivity index (χ1n) is 5.86. The Balaban J connectivity index is 2.54. The predicted octanol–water partition coefficient (Wildman–Crippen LogP) is 2.32. The summed E-state index contributed by atoms with van der Waals surface area (Å²) in [7, 11) is 1.20. The average Bonchev–Trinajstić information content (AvgIpc) is 2.47. The smallest absolute Gasteiger partial charge is 0.331 e. The molecule has 1 aromatic rings. The van der Waals surface area contributed by atoms with Crippen LogP contribution in [0.5, 0.6) is 0 Å². The van der Waals surface area contributed by atoms with Crippen molar-refractivity contribution in [3.05, 3.63) is 70.1 Å². The minimum Gasteiger partial charge on any atom is -0.369 e. The molecule has 104 valence electrons. The molecule has 0 fully saturated rings. The lowest BCUT2D eigenvalue weighted by molar-refractivity contribution is -0.545. The van der Waals surface area contributed by atoms with Gasteiger partial charge in [0.25, 0.3) is 0 Å². The number of hydrogen-bond acceptors (Lipinski definition) is 4. The van der Waals surface area contributed by atoms with Crippen LogP contribution in [-0.4, -0.2) is 29.5 Å². The highest BCUT2D eigenvalue weighted by Gasteiger charge is 2.56. The van der Waals surface area contributed by atoms with Gasteiger partial charge in [-0.3, -0.25) is 14.9 Å². The highest BCUT2D eigenvalue weighted by Crippen LogP contribution is 2.31. The molecule has 0 aromatic heterocycles. The number of ether oxygens (including phenoxy) is 1. The van der Waals surface area contributed by atoms with Crippen molar-refractivity contribution in [1.82, 2.24) is 0 Å². The Morgan fingerprint density at radius 3 is 2.60 bits per heavy atom. The Morgan fingerprint density at radius 1 is 1.40 bits per heavy atom. The molecule has 2 rings (SSSR count). The lowest BCUT2D eigenvalue weighted by atomic mass is 9.81. The number of hydrogen-bond donors (Lipinski definition) is 0. The van der Waals surface area contributed by atoms with Crippen LogP contribution < -0.4 is 0 Å². The second-order valence-corrected chi connectivity index (χ2v) is 4.32. The van der Waals surface area contributed by atoms with E-state index < -0.39 is 28.2 Å². The van der Waals surface area contributed by atoms with Gasteiger partial charge in [0, 0.05) is 23.7 Å². The number of ketones is 1. The van der Waals surface area contributed by atoms with Crippen molar-refractivity contribution in [2.24, 2.45) is 0 Å². The lowest BCUT2D eigenvalue weighted by Crippen LogP contribution is -2.55. The molecule has 2 atom stereocenters. The second-order valence-electron chi connectivity index (χ2n) is 4.32. The summed E-state index contributed by atoms with van der Waals surface area (Å²) >= 11 is 0. The molecule has 1 aromatic carbocycles. The summed E-state index contributed by atoms with van der Waals surface area (Å²) in [6.45, 7) is 0. The zero-order chi connectivity index (χ0) is 14.8. The molecule has 0 amide bonds. The number of methoxy groups -OCH3 is 1. The molecule has 6 heteroatoms. The number of rotatable bonds is 4. The third kappa shape index (κ3) is 2.14. The fourth-order valence-corrected chi connectivity index (χ4v) is 2.15. The van der Waals surface area contributed by atoms with Crippen molar-refractivity contribution in [2.75, 3.05) is 7.11 Å². The van der Waals surface area contributed by atoms with E-state index in [0.29, 0.717) is 0 Å². The van der Waals surface area contributed by atoms with Crippen LogP contribution in [0.3, 0.4) is 0 Å². The van der Waals surface area contributed by atoms with E-state index in [1.54, 1.807) is 18.2 Å². The van der Waals surface area contributed by atoms with Gasteiger partial charge in [-0.1, -0.05) is 30.3 Å². The van der Waals surface area contributed by atoms with Crippen LogP contribution in [0.1, 0.15) is 10.4 Å². The maximum absolute atomic E-state index is 13.3. The zero-order valence-corrected chi connectivity index (χ0v) is 10.7. The van der Waals surface area contributed by atoms with Crippen molar-refractivity contribution in [3.63, 3.8) is 0 Å². The molecule has 2 unspecified atom stereocenters. The van der Waals surface area contributed by atoms with E-state index in [4.69, 9.17) is 4.74 Å². The van der Waals surface area contributed by atoms with Gasteiger partial charge in [-0.05, 0) is 12.2 Å². The fraction of sp³-hybridized carbons (Fsp3) is 0.214. The largest absolute Gasteiger partial charge is 0.369 e. The number of nitro groups is 1. The minimum atomic E-state index is -2.15. The quantitative estimate of drug-likeness (QED) is 0.481. The highest BCUT2D eigenvalue weighted by atomic mass is 19.1. The van der Waals surface area contributed by atoms with Crippen molar-refractivity contribution >= 4 is 5.78 Å². The summed E-state index contributed by atoms with van der Waals surface area (Å²) in [6.07, 6.45) is 1.50. The van der Waals surface area contributed by atoms with Crippen molar-refractivity contribution in [1.29, 1.82) is 0 Å². The highest BCUT2D eigenvalue weighted by molar-refractivity contribution is 6.04. The Hall–Kier alpha value is -2.34. The van der Waals surface area contributed by atoms with Gasteiger partial charge in [-0.15, -0.1) is 0 Å². The SMILES string of the molecule is COC1C=C(F)C=CC1(C(=O)c1ccccc1)[N+](=O)[O-]. The zero-order valence-electron chi connectivity index (χ0n) is 10.7. The third-order valence-corrected chi connectivity index (χ3v) is 3.20. The summed E-state index contributed by atoms with van der Waals surface area (Å²) in [6, 6.07) is 7.85. The summed E-state index contributed by atoms with van der Waals surface area (Å²) in [5, 5.41) is 11.5. The van der Waals surface area contributed by atoms with Gasteiger partial charge in [-0.25, -0.2) is 4.39 Å². The van der Waals surface area contributed by atoms with Crippen molar-refractivity contribution < 1.29 is 18.8 Å². The monoisotopic (exact) mass is 277 g/mol. The van der Waals surface area contributed by atoms with Crippen LogP contribution in [0.15, 0.2) is 54.4 Å². The number of carbonyl (C=O) groups is 1. The number of benzene rings is 1. The van der Waals surface area contributed by atoms with Gasteiger partial charge >= 0.3 is 5.54 Å². The van der Waals surface area contributed by atoms with E-state index >= 15 is 0 Å². The van der Waals surface area contributed by atoms with Crippen LogP contribution >= 0.6 is 0 Å². The van der Waals surface area contributed by atoms with E-state index in [1.807, 2.05) is 0 Å². The van der Waals surface area contributed by atoms with Crippen LogP contribution in [0, 0.1) is 10.1 Å². The molecular weight excluding hydrogens is 265 g/mol. The minimum absolute atomic E-state index is 0.173. The van der Waals surface area contributed by atoms with Crippen LogP contribution in [0.2, 0.25) is 0 Å². The molecule has 0 bridgehead atoms. The summed E-state index contributed by atoms with van der Waals surface area (Å²) in [4.78, 5) is 23.2. The van der Waals surface area contributed by atoms with Gasteiger partial charge in [0.15, 0.2) is 6.10 Å². The summed E-state index contributed by atoms with van der Waals surface area (Å²) in [5.41, 5.74) is -1.97. The van der Waals surface area contributed by atoms with E-state index in [-0.39, 0.29) is 5.56 Å². The molecule has 1 aliphatic carbocycles. The molecule has 1 aliphatic rings. The normalized spacial score (nSPS) is 25.1. The second kappa shape index (κ2) is 5.34. The molecule has 0 N–H and O–H groups in total. The first-order chi connectivity index (χ1) is 9.52. The van der Waals surface area contributed by atoms with Crippen molar-refractivity contribution in [3.8, 4) is 0 Å². The first-order valence-corrected chi connectivity index (χ1v) is 5.86. The van der Waals surface area contributed by atoms with Crippen molar-refractivity contribution in [2.45, 2.75) is 11.6 Å². The van der Waals surface area contributed by atoms with Crippen LogP contribution in [0.25, 0.3) is 0 Å². The standard InChI is InChI=1S/C14H12FNO4/c1-20-12-9-11(15)7-8-14(12,16(18)19)13(17)10-5-3-2-4-6-10/h2-9,12H,1H3. The third-order valence-electron chi connectivity index (χ3n) is 3.20. The van der Waals surface area contributed by atoms with Gasteiger partial charge in [-0.2, -0.15) is 0 Å². The summed E-state index contributed by atoms with van der Waals surface area (Å²) in [5.74, 6) is -1.41. The number of Topliss-reactive ketones (excluding diaryl/α,β-unsaturated/α-hetero) is 1. The van der Waals surface area contributed by atoms with Gasteiger partial charge in [0.1, 0.15) is 5.83 Å². The lowest BCUT2D eigenvalue weighted by Gasteiger charge is -2.28. The fourth-order valence-electron chi connectivity index (χ4n) is 2.15. The number of allylic oxidation sites excluding steroid dienone is 2. The molecule has 0 heterocycles. The average molecular weight is 277 g/mol. The van der Waals surface area contributed by atoms with E-state index in [1.165, 1.54) is 19.2 Å². The topological polar surface area (TPSA) is 69.4 Å².